The number of carbonyl (C=O) groups excluding carboxylic acids is 2. The van der Waals surface area contributed by atoms with E-state index in [0.717, 1.165) is 9.37 Å². The summed E-state index contributed by atoms with van der Waals surface area (Å²) in [6, 6.07) is 3.51. The molecule has 27 heavy (non-hydrogen) atoms. The molecule has 2 aliphatic carbocycles. The number of aryl methyl sites for hydroxylation is 1. The third-order valence-corrected chi connectivity index (χ3v) is 10.7. The first kappa shape index (κ1) is 21.0. The zero-order valence-electron chi connectivity index (χ0n) is 13.1. The van der Waals surface area contributed by atoms with Gasteiger partial charge in [-0.2, -0.15) is 0 Å². The summed E-state index contributed by atoms with van der Waals surface area (Å²) in [6.45, 7) is 1.77. The molecule has 4 rings (SSSR count). The van der Waals surface area contributed by atoms with Gasteiger partial charge in [-0.3, -0.25) is 9.59 Å². The minimum Gasteiger partial charge on any atom is -0.274 e. The van der Waals surface area contributed by atoms with Gasteiger partial charge in [0, 0.05) is 8.95 Å². The van der Waals surface area contributed by atoms with E-state index < -0.39 is 37.7 Å². The van der Waals surface area contributed by atoms with Crippen LogP contribution in [0.4, 0.5) is 5.69 Å². The summed E-state index contributed by atoms with van der Waals surface area (Å²) in [5.74, 6) is -3.46. The summed E-state index contributed by atoms with van der Waals surface area (Å²) in [5, 5.41) is -0.219. The molecule has 2 bridgehead atoms. The van der Waals surface area contributed by atoms with Gasteiger partial charge in [0.05, 0.1) is 27.6 Å². The number of anilines is 1. The maximum absolute atomic E-state index is 13.4. The SMILES string of the molecule is Cc1cc(Br)cc(Br)c1N1C(=O)C2C(C1=O)C1(Cl)C(Cl)=C(Cl)C2(Cl)C1(Cl)Cl. The first-order valence-electron chi connectivity index (χ1n) is 7.48. The van der Waals surface area contributed by atoms with Crippen LogP contribution in [0.25, 0.3) is 0 Å². The molecule has 3 aliphatic rings. The summed E-state index contributed by atoms with van der Waals surface area (Å²) >= 11 is 45.7. The first-order chi connectivity index (χ1) is 12.3. The molecule has 1 heterocycles. The standard InChI is InChI=1S/C16H7Br2Cl6NO2/c1-4-2-5(17)3-6(18)9(4)25-12(26)7-8(13(25)27)15(22)11(20)10(19)14(7,21)16(15,23)24/h2-3,7-8H,1H3. The molecule has 1 aromatic carbocycles. The lowest BCUT2D eigenvalue weighted by atomic mass is 9.84. The number of benzene rings is 1. The van der Waals surface area contributed by atoms with Crippen molar-refractivity contribution in [1.29, 1.82) is 0 Å². The van der Waals surface area contributed by atoms with Crippen LogP contribution in [0.5, 0.6) is 0 Å². The van der Waals surface area contributed by atoms with E-state index in [9.17, 15) is 9.59 Å². The molecule has 3 nitrogen and oxygen atoms in total. The Morgan fingerprint density at radius 2 is 1.37 bits per heavy atom. The van der Waals surface area contributed by atoms with Gasteiger partial charge >= 0.3 is 0 Å². The maximum Gasteiger partial charge on any atom is 0.240 e. The number of amides is 2. The van der Waals surface area contributed by atoms with Crippen molar-refractivity contribution in [2.75, 3.05) is 4.90 Å². The predicted molar refractivity (Wildman–Crippen MR) is 116 cm³/mol. The third-order valence-electron chi connectivity index (χ3n) is 5.35. The third kappa shape index (κ3) is 2.19. The molecular weight excluding hydrogens is 611 g/mol. The average Bonchev–Trinajstić information content (AvgIpc) is 2.93. The highest BCUT2D eigenvalue weighted by atomic mass is 79.9. The fourth-order valence-electron chi connectivity index (χ4n) is 4.19. The zero-order chi connectivity index (χ0) is 20.3. The van der Waals surface area contributed by atoms with E-state index in [1.807, 2.05) is 0 Å². The van der Waals surface area contributed by atoms with E-state index in [2.05, 4.69) is 31.9 Å². The second-order valence-electron chi connectivity index (χ2n) is 6.65. The fraction of sp³-hybridized carbons (Fsp3) is 0.375. The summed E-state index contributed by atoms with van der Waals surface area (Å²) in [6.07, 6.45) is 0. The van der Waals surface area contributed by atoms with Crippen molar-refractivity contribution in [1.82, 2.24) is 0 Å². The van der Waals surface area contributed by atoms with Crippen LogP contribution in [0.3, 0.4) is 0 Å². The number of hydrogen-bond acceptors (Lipinski definition) is 2. The Bertz CT molecular complexity index is 913. The number of carbonyl (C=O) groups is 2. The van der Waals surface area contributed by atoms with Gasteiger partial charge in [0.2, 0.25) is 11.8 Å². The number of fused-ring (bicyclic) bond motifs is 5. The van der Waals surface area contributed by atoms with Gasteiger partial charge in [-0.1, -0.05) is 62.3 Å². The van der Waals surface area contributed by atoms with Gasteiger partial charge in [-0.15, -0.1) is 23.2 Å². The largest absolute Gasteiger partial charge is 0.274 e. The summed E-state index contributed by atoms with van der Waals surface area (Å²) < 4.78 is -0.606. The van der Waals surface area contributed by atoms with Crippen LogP contribution in [0.1, 0.15) is 5.56 Å². The second kappa shape index (κ2) is 6.16. The van der Waals surface area contributed by atoms with Gasteiger partial charge in [0.1, 0.15) is 9.75 Å². The summed E-state index contributed by atoms with van der Waals surface area (Å²) in [5.41, 5.74) is 1.08. The number of imide groups is 1. The lowest BCUT2D eigenvalue weighted by Crippen LogP contribution is -2.50. The molecule has 2 fully saturated rings. The quantitative estimate of drug-likeness (QED) is 0.268. The van der Waals surface area contributed by atoms with Gasteiger partial charge in [-0.05, 0) is 40.5 Å². The van der Waals surface area contributed by atoms with Gasteiger partial charge < -0.3 is 0 Å². The molecule has 0 radical (unpaired) electrons. The van der Waals surface area contributed by atoms with E-state index in [0.29, 0.717) is 15.7 Å². The van der Waals surface area contributed by atoms with E-state index in [4.69, 9.17) is 69.6 Å². The monoisotopic (exact) mass is 613 g/mol. The molecule has 0 aromatic heterocycles. The van der Waals surface area contributed by atoms with Crippen molar-refractivity contribution in [3.05, 3.63) is 36.7 Å². The lowest BCUT2D eigenvalue weighted by molar-refractivity contribution is -0.123. The van der Waals surface area contributed by atoms with Gasteiger partial charge in [-0.25, -0.2) is 4.90 Å². The molecule has 4 atom stereocenters. The Hall–Kier alpha value is 0.800. The molecule has 0 N–H and O–H groups in total. The maximum atomic E-state index is 13.4. The van der Waals surface area contributed by atoms with Crippen LogP contribution in [0.15, 0.2) is 31.1 Å². The number of alkyl halides is 4. The van der Waals surface area contributed by atoms with Crippen LogP contribution in [0, 0.1) is 18.8 Å². The Balaban J connectivity index is 1.94. The van der Waals surface area contributed by atoms with E-state index in [-0.39, 0.29) is 10.1 Å². The first-order valence-corrected chi connectivity index (χ1v) is 11.3. The number of nitrogens with zero attached hydrogens (tertiary/aromatic N) is 1. The fourth-order valence-corrected chi connectivity index (χ4v) is 8.74. The molecular formula is C16H7Br2Cl6NO2. The summed E-state index contributed by atoms with van der Waals surface area (Å²) in [7, 11) is 0. The number of rotatable bonds is 1. The van der Waals surface area contributed by atoms with Crippen molar-refractivity contribution in [2.45, 2.75) is 21.0 Å². The molecule has 1 saturated heterocycles. The van der Waals surface area contributed by atoms with E-state index in [1.54, 1.807) is 19.1 Å². The Kier molecular flexibility index (Phi) is 4.80. The van der Waals surface area contributed by atoms with Crippen LogP contribution in [0.2, 0.25) is 0 Å². The number of halogens is 8. The molecule has 11 heteroatoms. The Morgan fingerprint density at radius 3 is 1.78 bits per heavy atom. The minimum atomic E-state index is -1.93. The average molecular weight is 618 g/mol. The van der Waals surface area contributed by atoms with Crippen molar-refractivity contribution in [2.24, 2.45) is 11.8 Å². The van der Waals surface area contributed by atoms with Crippen molar-refractivity contribution in [3.63, 3.8) is 0 Å². The normalized spacial score (nSPS) is 36.9. The van der Waals surface area contributed by atoms with Crippen LogP contribution in [-0.2, 0) is 9.59 Å². The van der Waals surface area contributed by atoms with Crippen LogP contribution in [-0.4, -0.2) is 25.9 Å². The van der Waals surface area contributed by atoms with Crippen molar-refractivity contribution < 1.29 is 9.59 Å². The highest BCUT2D eigenvalue weighted by Gasteiger charge is 2.87. The molecule has 144 valence electrons. The molecule has 4 unspecified atom stereocenters. The predicted octanol–water partition coefficient (Wildman–Crippen LogP) is 6.47. The number of hydrogen-bond donors (Lipinski definition) is 0. The highest BCUT2D eigenvalue weighted by molar-refractivity contribution is 9.11. The summed E-state index contributed by atoms with van der Waals surface area (Å²) in [4.78, 5) is 24.1. The zero-order valence-corrected chi connectivity index (χ0v) is 20.8. The van der Waals surface area contributed by atoms with Crippen LogP contribution < -0.4 is 4.90 Å². The van der Waals surface area contributed by atoms with Crippen molar-refractivity contribution >= 4 is 119 Å². The lowest BCUT2D eigenvalue weighted by Gasteiger charge is -2.34. The van der Waals surface area contributed by atoms with Gasteiger partial charge in [0.15, 0.2) is 4.33 Å². The van der Waals surface area contributed by atoms with Crippen molar-refractivity contribution in [3.8, 4) is 0 Å². The highest BCUT2D eigenvalue weighted by Crippen LogP contribution is 2.77. The number of allylic oxidation sites excluding steroid dienone is 2. The molecule has 1 saturated carbocycles. The molecule has 2 amide bonds. The topological polar surface area (TPSA) is 37.4 Å². The molecule has 0 spiro atoms. The Morgan fingerprint density at radius 1 is 0.926 bits per heavy atom. The Labute approximate surface area is 201 Å². The second-order valence-corrected chi connectivity index (χ2v) is 11.7. The van der Waals surface area contributed by atoms with E-state index >= 15 is 0 Å². The van der Waals surface area contributed by atoms with Crippen LogP contribution >= 0.6 is 101 Å². The molecule has 1 aliphatic heterocycles. The minimum absolute atomic E-state index is 0.110. The smallest absolute Gasteiger partial charge is 0.240 e. The van der Waals surface area contributed by atoms with Gasteiger partial charge in [0.25, 0.3) is 0 Å². The molecule has 1 aromatic rings. The van der Waals surface area contributed by atoms with E-state index in [1.165, 1.54) is 0 Å².